The first-order valence-corrected chi connectivity index (χ1v) is 9.03. The van der Waals surface area contributed by atoms with Gasteiger partial charge in [0.25, 0.3) is 0 Å². The summed E-state index contributed by atoms with van der Waals surface area (Å²) in [5.41, 5.74) is 3.12. The van der Waals surface area contributed by atoms with Crippen molar-refractivity contribution in [2.45, 2.75) is 6.92 Å². The minimum Gasteiger partial charge on any atom is -0.313 e. The number of benzene rings is 1. The molecule has 3 heterocycles. The lowest BCUT2D eigenvalue weighted by atomic mass is 10.1. The van der Waals surface area contributed by atoms with Crippen LogP contribution in [0.2, 0.25) is 0 Å². The molecule has 3 aromatic heterocycles. The summed E-state index contributed by atoms with van der Waals surface area (Å²) in [6.45, 7) is 2.06. The summed E-state index contributed by atoms with van der Waals surface area (Å²) in [6, 6.07) is 16.1. The van der Waals surface area contributed by atoms with Crippen molar-refractivity contribution >= 4 is 33.6 Å². The third-order valence-corrected chi connectivity index (χ3v) is 5.28. The third kappa shape index (κ3) is 3.17. The topological polar surface area (TPSA) is 63.6 Å². The van der Waals surface area contributed by atoms with Crippen molar-refractivity contribution in [3.63, 3.8) is 0 Å². The molecule has 5 nitrogen and oxygen atoms in total. The van der Waals surface area contributed by atoms with Crippen LogP contribution in [0.3, 0.4) is 0 Å². The Morgan fingerprint density at radius 3 is 2.46 bits per heavy atom. The maximum absolute atomic E-state index is 4.28. The Morgan fingerprint density at radius 2 is 1.75 bits per heavy atom. The molecule has 0 spiro atoms. The molecule has 1 aromatic carbocycles. The molecule has 0 amide bonds. The van der Waals surface area contributed by atoms with Crippen LogP contribution in [0.5, 0.6) is 0 Å². The van der Waals surface area contributed by atoms with E-state index in [1.807, 2.05) is 41.8 Å². The number of nitrogens with one attached hydrogen (secondary N) is 1. The Kier molecular flexibility index (Phi) is 4.02. The number of hydrogen-bond donors (Lipinski definition) is 1. The normalized spacial score (nSPS) is 10.7. The van der Waals surface area contributed by atoms with Gasteiger partial charge in [-0.2, -0.15) is 0 Å². The summed E-state index contributed by atoms with van der Waals surface area (Å²) in [5.74, 6) is 0.653. The Labute approximate surface area is 147 Å². The van der Waals surface area contributed by atoms with Gasteiger partial charge in [-0.15, -0.1) is 31.7 Å². The molecule has 0 bridgehead atoms. The molecular weight excluding hydrogens is 338 g/mol. The van der Waals surface area contributed by atoms with Crippen LogP contribution in [0, 0.1) is 6.92 Å². The van der Waals surface area contributed by atoms with Crippen molar-refractivity contribution in [3.05, 3.63) is 59.5 Å². The van der Waals surface area contributed by atoms with Gasteiger partial charge in [0.05, 0.1) is 10.6 Å². The van der Waals surface area contributed by atoms with E-state index in [2.05, 4.69) is 44.8 Å². The Hall–Kier alpha value is -2.64. The fourth-order valence-corrected chi connectivity index (χ4v) is 3.70. The van der Waals surface area contributed by atoms with Crippen LogP contribution >= 0.6 is 22.7 Å². The van der Waals surface area contributed by atoms with Crippen molar-refractivity contribution in [1.29, 1.82) is 0 Å². The summed E-state index contributed by atoms with van der Waals surface area (Å²) >= 11 is 3.15. The van der Waals surface area contributed by atoms with E-state index in [-0.39, 0.29) is 0 Å². The minimum absolute atomic E-state index is 0.653. The molecule has 4 aromatic rings. The zero-order valence-electron chi connectivity index (χ0n) is 12.8. The smallest absolute Gasteiger partial charge is 0.211 e. The highest BCUT2D eigenvalue weighted by molar-refractivity contribution is 7.22. The van der Waals surface area contributed by atoms with Crippen molar-refractivity contribution in [1.82, 2.24) is 20.4 Å². The van der Waals surface area contributed by atoms with Crippen molar-refractivity contribution in [2.24, 2.45) is 0 Å². The first-order valence-electron chi connectivity index (χ1n) is 7.33. The molecule has 4 rings (SSSR count). The fraction of sp³-hybridized carbons (Fsp3) is 0.0588. The second kappa shape index (κ2) is 6.46. The molecule has 0 radical (unpaired) electrons. The molecule has 1 N–H and O–H groups in total. The summed E-state index contributed by atoms with van der Waals surface area (Å²) in [7, 11) is 0. The standard InChI is InChI=1S/C17H13N5S2/c1-11-4-6-12(7-5-11)13-8-9-15(20-19-13)18-17-22-21-16(24-17)14-3-2-10-23-14/h2-10H,1H3,(H,18,20,22). The SMILES string of the molecule is Cc1ccc(-c2ccc(Nc3nnc(-c4cccs4)s3)nn2)cc1. The van der Waals surface area contributed by atoms with Gasteiger partial charge in [-0.05, 0) is 30.5 Å². The largest absolute Gasteiger partial charge is 0.313 e. The number of anilines is 2. The van der Waals surface area contributed by atoms with E-state index in [0.717, 1.165) is 21.1 Å². The zero-order valence-corrected chi connectivity index (χ0v) is 14.4. The average Bonchev–Trinajstić information content (AvgIpc) is 3.28. The van der Waals surface area contributed by atoms with Crippen LogP contribution in [-0.2, 0) is 0 Å². The average molecular weight is 351 g/mol. The second-order valence-corrected chi connectivity index (χ2v) is 7.11. The van der Waals surface area contributed by atoms with Gasteiger partial charge in [-0.3, -0.25) is 0 Å². The lowest BCUT2D eigenvalue weighted by Gasteiger charge is -2.03. The highest BCUT2D eigenvalue weighted by Gasteiger charge is 2.08. The minimum atomic E-state index is 0.653. The first kappa shape index (κ1) is 14.9. The molecule has 7 heteroatoms. The zero-order chi connectivity index (χ0) is 16.4. The van der Waals surface area contributed by atoms with E-state index in [1.54, 1.807) is 11.3 Å². The molecule has 118 valence electrons. The molecule has 0 saturated carbocycles. The lowest BCUT2D eigenvalue weighted by molar-refractivity contribution is 1.03. The lowest BCUT2D eigenvalue weighted by Crippen LogP contribution is -1.96. The van der Waals surface area contributed by atoms with Gasteiger partial charge >= 0.3 is 0 Å². The van der Waals surface area contributed by atoms with E-state index in [9.17, 15) is 0 Å². The number of thiophene rings is 1. The second-order valence-electron chi connectivity index (χ2n) is 5.18. The third-order valence-electron chi connectivity index (χ3n) is 3.40. The van der Waals surface area contributed by atoms with Gasteiger partial charge in [0.2, 0.25) is 5.13 Å². The van der Waals surface area contributed by atoms with Crippen molar-refractivity contribution in [3.8, 4) is 21.1 Å². The molecule has 0 unspecified atom stereocenters. The fourth-order valence-electron chi connectivity index (χ4n) is 2.16. The number of rotatable bonds is 4. The molecule has 0 fully saturated rings. The van der Waals surface area contributed by atoms with Gasteiger partial charge in [0, 0.05) is 5.56 Å². The molecule has 0 aliphatic heterocycles. The number of hydrogen-bond acceptors (Lipinski definition) is 7. The quantitative estimate of drug-likeness (QED) is 0.573. The Morgan fingerprint density at radius 1 is 0.875 bits per heavy atom. The van der Waals surface area contributed by atoms with Crippen LogP contribution in [0.1, 0.15) is 5.56 Å². The van der Waals surface area contributed by atoms with Crippen LogP contribution in [0.15, 0.2) is 53.9 Å². The van der Waals surface area contributed by atoms with Crippen LogP contribution in [-0.4, -0.2) is 20.4 Å². The number of aryl methyl sites for hydroxylation is 1. The summed E-state index contributed by atoms with van der Waals surface area (Å²) < 4.78 is 0. The predicted molar refractivity (Wildman–Crippen MR) is 98.7 cm³/mol. The summed E-state index contributed by atoms with van der Waals surface area (Å²) in [5, 5.41) is 23.6. The molecule has 24 heavy (non-hydrogen) atoms. The van der Waals surface area contributed by atoms with Gasteiger partial charge in [0.1, 0.15) is 0 Å². The highest BCUT2D eigenvalue weighted by atomic mass is 32.1. The van der Waals surface area contributed by atoms with Gasteiger partial charge in [-0.25, -0.2) is 0 Å². The van der Waals surface area contributed by atoms with Gasteiger partial charge < -0.3 is 5.32 Å². The van der Waals surface area contributed by atoms with E-state index in [1.165, 1.54) is 16.9 Å². The summed E-state index contributed by atoms with van der Waals surface area (Å²) in [4.78, 5) is 1.11. The molecular formula is C17H13N5S2. The van der Waals surface area contributed by atoms with E-state index in [0.29, 0.717) is 10.9 Å². The van der Waals surface area contributed by atoms with Crippen LogP contribution in [0.25, 0.3) is 21.1 Å². The Bertz CT molecular complexity index is 928. The number of aromatic nitrogens is 4. The van der Waals surface area contributed by atoms with E-state index >= 15 is 0 Å². The van der Waals surface area contributed by atoms with Crippen molar-refractivity contribution < 1.29 is 0 Å². The maximum atomic E-state index is 4.28. The van der Waals surface area contributed by atoms with E-state index in [4.69, 9.17) is 0 Å². The monoisotopic (exact) mass is 351 g/mol. The molecule has 0 aliphatic carbocycles. The summed E-state index contributed by atoms with van der Waals surface area (Å²) in [6.07, 6.45) is 0. The predicted octanol–water partition coefficient (Wildman–Crippen LogP) is 4.78. The van der Waals surface area contributed by atoms with Gasteiger partial charge in [0.15, 0.2) is 10.8 Å². The molecule has 0 atom stereocenters. The number of nitrogens with zero attached hydrogens (tertiary/aromatic N) is 4. The maximum Gasteiger partial charge on any atom is 0.211 e. The highest BCUT2D eigenvalue weighted by Crippen LogP contribution is 2.30. The first-order chi connectivity index (χ1) is 11.8. The van der Waals surface area contributed by atoms with Crippen LogP contribution in [0.4, 0.5) is 10.9 Å². The van der Waals surface area contributed by atoms with Crippen LogP contribution < -0.4 is 5.32 Å². The molecule has 0 saturated heterocycles. The Balaban J connectivity index is 1.50. The van der Waals surface area contributed by atoms with Crippen molar-refractivity contribution in [2.75, 3.05) is 5.32 Å². The van der Waals surface area contributed by atoms with E-state index < -0.39 is 0 Å². The van der Waals surface area contributed by atoms with Gasteiger partial charge in [-0.1, -0.05) is 47.2 Å². The molecule has 0 aliphatic rings.